The second-order valence-corrected chi connectivity index (χ2v) is 3.30. The number of pyridine rings is 1. The number of ketones is 1. The third-order valence-electron chi connectivity index (χ3n) is 1.36. The van der Waals surface area contributed by atoms with E-state index in [2.05, 4.69) is 27.5 Å². The lowest BCUT2D eigenvalue weighted by Gasteiger charge is -1.99. The molecule has 0 atom stereocenters. The Bertz CT molecular complexity index is 333. The van der Waals surface area contributed by atoms with Crippen molar-refractivity contribution in [2.75, 3.05) is 0 Å². The van der Waals surface area contributed by atoms with Crippen LogP contribution in [0.2, 0.25) is 0 Å². The number of aromatic nitrogens is 1. The van der Waals surface area contributed by atoms with Gasteiger partial charge in [-0.3, -0.25) is 9.78 Å². The maximum absolute atomic E-state index is 11.4. The van der Waals surface area contributed by atoms with Crippen LogP contribution in [-0.4, -0.2) is 10.8 Å². The quantitative estimate of drug-likeness (QED) is 0.573. The fourth-order valence-corrected chi connectivity index (χ4v) is 1.19. The van der Waals surface area contributed by atoms with E-state index in [1.54, 1.807) is 25.3 Å². The first-order chi connectivity index (χ1) is 5.63. The third-order valence-corrected chi connectivity index (χ3v) is 2.00. The summed E-state index contributed by atoms with van der Waals surface area (Å²) in [4.78, 5) is 15.3. The summed E-state index contributed by atoms with van der Waals surface area (Å²) in [6, 6.07) is 3.54. The molecule has 0 aliphatic heterocycles. The molecule has 0 aliphatic rings. The molecule has 1 aromatic rings. The Labute approximate surface area is 79.5 Å². The summed E-state index contributed by atoms with van der Waals surface area (Å²) in [6.07, 6.45) is 1.58. The molecule has 0 radical (unpaired) electrons. The molecule has 0 aliphatic carbocycles. The van der Waals surface area contributed by atoms with Crippen LogP contribution in [0.1, 0.15) is 17.4 Å². The van der Waals surface area contributed by atoms with E-state index in [0.29, 0.717) is 15.7 Å². The average molecular weight is 226 g/mol. The summed E-state index contributed by atoms with van der Waals surface area (Å²) in [7, 11) is 0. The number of carbonyl (C=O) groups excluding carboxylic acids is 1. The van der Waals surface area contributed by atoms with Crippen LogP contribution in [0.25, 0.3) is 0 Å². The maximum atomic E-state index is 11.4. The van der Waals surface area contributed by atoms with Crippen LogP contribution in [0.5, 0.6) is 0 Å². The van der Waals surface area contributed by atoms with Crippen molar-refractivity contribution in [2.24, 2.45) is 0 Å². The molecule has 2 nitrogen and oxygen atoms in total. The molecule has 12 heavy (non-hydrogen) atoms. The van der Waals surface area contributed by atoms with Gasteiger partial charge in [0, 0.05) is 10.7 Å². The zero-order chi connectivity index (χ0) is 9.14. The molecule has 0 unspecified atom stereocenters. The zero-order valence-electron chi connectivity index (χ0n) is 6.67. The molecule has 0 aromatic carbocycles. The van der Waals surface area contributed by atoms with Crippen LogP contribution in [0.4, 0.5) is 0 Å². The molecule has 0 bridgehead atoms. The van der Waals surface area contributed by atoms with Crippen LogP contribution >= 0.6 is 15.9 Å². The van der Waals surface area contributed by atoms with Gasteiger partial charge in [0.25, 0.3) is 0 Å². The highest BCUT2D eigenvalue weighted by molar-refractivity contribution is 9.10. The highest BCUT2D eigenvalue weighted by Gasteiger charge is 2.10. The van der Waals surface area contributed by atoms with Crippen molar-refractivity contribution >= 4 is 21.7 Å². The summed E-state index contributed by atoms with van der Waals surface area (Å²) in [6.45, 7) is 5.23. The second kappa shape index (κ2) is 3.63. The Hall–Kier alpha value is -0.960. The average Bonchev–Trinajstić information content (AvgIpc) is 2.04. The van der Waals surface area contributed by atoms with Gasteiger partial charge in [-0.15, -0.1) is 0 Å². The van der Waals surface area contributed by atoms with Crippen LogP contribution in [0.15, 0.2) is 35.0 Å². The molecule has 0 saturated carbocycles. The Morgan fingerprint density at radius 1 is 1.67 bits per heavy atom. The van der Waals surface area contributed by atoms with Crippen molar-refractivity contribution < 1.29 is 4.79 Å². The van der Waals surface area contributed by atoms with Gasteiger partial charge < -0.3 is 0 Å². The first kappa shape index (κ1) is 9.13. The SMILES string of the molecule is C=C(C)C(=O)c1ncccc1Br. The fraction of sp³-hybridized carbons (Fsp3) is 0.111. The Balaban J connectivity index is 3.11. The smallest absolute Gasteiger partial charge is 0.207 e. The van der Waals surface area contributed by atoms with Gasteiger partial charge in [-0.2, -0.15) is 0 Å². The van der Waals surface area contributed by atoms with Crippen molar-refractivity contribution in [2.45, 2.75) is 6.92 Å². The summed E-state index contributed by atoms with van der Waals surface area (Å²) in [5.74, 6) is -0.123. The molecule has 3 heteroatoms. The summed E-state index contributed by atoms with van der Waals surface area (Å²) >= 11 is 3.24. The summed E-state index contributed by atoms with van der Waals surface area (Å²) in [5, 5.41) is 0. The number of halogens is 1. The molecular weight excluding hydrogens is 218 g/mol. The minimum absolute atomic E-state index is 0.123. The molecule has 0 saturated heterocycles. The van der Waals surface area contributed by atoms with Crippen LogP contribution in [0, 0.1) is 0 Å². The van der Waals surface area contributed by atoms with Gasteiger partial charge in [0.15, 0.2) is 0 Å². The van der Waals surface area contributed by atoms with E-state index in [0.717, 1.165) is 0 Å². The highest BCUT2D eigenvalue weighted by Crippen LogP contribution is 2.15. The minimum Gasteiger partial charge on any atom is -0.287 e. The van der Waals surface area contributed by atoms with Crippen molar-refractivity contribution in [3.8, 4) is 0 Å². The first-order valence-electron chi connectivity index (χ1n) is 3.43. The lowest BCUT2D eigenvalue weighted by molar-refractivity contribution is 0.102. The maximum Gasteiger partial charge on any atom is 0.207 e. The molecule has 0 N–H and O–H groups in total. The van der Waals surface area contributed by atoms with Gasteiger partial charge in [-0.05, 0) is 40.6 Å². The van der Waals surface area contributed by atoms with Gasteiger partial charge in [0.2, 0.25) is 5.78 Å². The largest absolute Gasteiger partial charge is 0.287 e. The second-order valence-electron chi connectivity index (χ2n) is 2.44. The summed E-state index contributed by atoms with van der Waals surface area (Å²) < 4.78 is 0.706. The van der Waals surface area contributed by atoms with Gasteiger partial charge in [0.1, 0.15) is 5.69 Å². The molecular formula is C9H8BrNO. The molecule has 1 heterocycles. The van der Waals surface area contributed by atoms with Gasteiger partial charge in [0.05, 0.1) is 0 Å². The first-order valence-corrected chi connectivity index (χ1v) is 4.23. The number of nitrogens with zero attached hydrogens (tertiary/aromatic N) is 1. The topological polar surface area (TPSA) is 30.0 Å². The van der Waals surface area contributed by atoms with E-state index < -0.39 is 0 Å². The third kappa shape index (κ3) is 1.80. The van der Waals surface area contributed by atoms with Crippen LogP contribution < -0.4 is 0 Å². The number of Topliss-reactive ketones (excluding diaryl/α,β-unsaturated/α-hetero) is 1. The van der Waals surface area contributed by atoms with Gasteiger partial charge in [-0.25, -0.2) is 0 Å². The van der Waals surface area contributed by atoms with Gasteiger partial charge in [-0.1, -0.05) is 6.58 Å². The Morgan fingerprint density at radius 3 is 2.83 bits per heavy atom. The predicted octanol–water partition coefficient (Wildman–Crippen LogP) is 2.60. The highest BCUT2D eigenvalue weighted by atomic mass is 79.9. The minimum atomic E-state index is -0.123. The van der Waals surface area contributed by atoms with E-state index in [4.69, 9.17) is 0 Å². The van der Waals surface area contributed by atoms with E-state index in [1.807, 2.05) is 0 Å². The molecule has 1 rings (SSSR count). The zero-order valence-corrected chi connectivity index (χ0v) is 8.26. The number of carbonyl (C=O) groups is 1. The van der Waals surface area contributed by atoms with Crippen molar-refractivity contribution in [1.29, 1.82) is 0 Å². The van der Waals surface area contributed by atoms with Crippen LogP contribution in [-0.2, 0) is 0 Å². The Morgan fingerprint density at radius 2 is 2.33 bits per heavy atom. The van der Waals surface area contributed by atoms with Crippen molar-refractivity contribution in [3.05, 3.63) is 40.6 Å². The van der Waals surface area contributed by atoms with Crippen molar-refractivity contribution in [3.63, 3.8) is 0 Å². The monoisotopic (exact) mass is 225 g/mol. The molecule has 1 aromatic heterocycles. The van der Waals surface area contributed by atoms with Gasteiger partial charge >= 0.3 is 0 Å². The molecule has 0 amide bonds. The number of allylic oxidation sites excluding steroid dienone is 1. The lowest BCUT2D eigenvalue weighted by Crippen LogP contribution is -2.03. The lowest BCUT2D eigenvalue weighted by atomic mass is 10.1. The van der Waals surface area contributed by atoms with E-state index in [-0.39, 0.29) is 5.78 Å². The van der Waals surface area contributed by atoms with E-state index in [9.17, 15) is 4.79 Å². The van der Waals surface area contributed by atoms with Crippen molar-refractivity contribution in [1.82, 2.24) is 4.98 Å². The van der Waals surface area contributed by atoms with Crippen LogP contribution in [0.3, 0.4) is 0 Å². The standard InChI is InChI=1S/C9H8BrNO/c1-6(2)9(12)8-7(10)4-3-5-11-8/h3-5H,1H2,2H3. The predicted molar refractivity (Wildman–Crippen MR) is 51.1 cm³/mol. The normalized spacial score (nSPS) is 9.50. The molecule has 0 spiro atoms. The van der Waals surface area contributed by atoms with E-state index >= 15 is 0 Å². The molecule has 0 fully saturated rings. The number of rotatable bonds is 2. The summed E-state index contributed by atoms with van der Waals surface area (Å²) in [5.41, 5.74) is 0.916. The van der Waals surface area contributed by atoms with E-state index in [1.165, 1.54) is 0 Å². The molecule has 62 valence electrons. The Kier molecular flexibility index (Phi) is 2.76. The number of hydrogen-bond acceptors (Lipinski definition) is 2. The number of hydrogen-bond donors (Lipinski definition) is 0. The fourth-order valence-electron chi connectivity index (χ4n) is 0.755.